The van der Waals surface area contributed by atoms with Gasteiger partial charge in [0.05, 0.1) is 6.10 Å². The van der Waals surface area contributed by atoms with Gasteiger partial charge in [0, 0.05) is 27.8 Å². The van der Waals surface area contributed by atoms with Crippen LogP contribution in [0.25, 0.3) is 0 Å². The van der Waals surface area contributed by atoms with E-state index in [0.717, 1.165) is 11.3 Å². The lowest BCUT2D eigenvalue weighted by atomic mass is 10.1. The minimum atomic E-state index is -0.707. The second-order valence-electron chi connectivity index (χ2n) is 4.88. The van der Waals surface area contributed by atoms with E-state index >= 15 is 0 Å². The number of hydrogen-bond donors (Lipinski definition) is 2. The Balaban J connectivity index is 2.08. The molecule has 2 aromatic rings. The summed E-state index contributed by atoms with van der Waals surface area (Å²) in [7, 11) is 0. The topological polar surface area (TPSA) is 32.3 Å². The Hall–Kier alpha value is -1.22. The second-order valence-corrected chi connectivity index (χ2v) is 5.72. The highest BCUT2D eigenvalue weighted by Gasteiger charge is 2.12. The summed E-state index contributed by atoms with van der Waals surface area (Å²) < 4.78 is 0. The Kier molecular flexibility index (Phi) is 4.92. The highest BCUT2D eigenvalue weighted by Crippen LogP contribution is 2.27. The third-order valence-electron chi connectivity index (χ3n) is 3.18. The van der Waals surface area contributed by atoms with Crippen molar-refractivity contribution in [2.45, 2.75) is 20.0 Å². The number of nitrogens with one attached hydrogen (secondary N) is 1. The van der Waals surface area contributed by atoms with Crippen molar-refractivity contribution in [3.8, 4) is 0 Å². The van der Waals surface area contributed by atoms with Crippen molar-refractivity contribution in [2.75, 3.05) is 11.9 Å². The Bertz CT molecular complexity index is 613. The molecular formula is C16H17Cl2NO. The number of aryl methyl sites for hydroxylation is 2. The fraction of sp³-hybridized carbons (Fsp3) is 0.250. The number of halogens is 2. The van der Waals surface area contributed by atoms with Crippen molar-refractivity contribution in [1.29, 1.82) is 0 Å². The molecule has 0 saturated carbocycles. The lowest BCUT2D eigenvalue weighted by Gasteiger charge is -2.16. The molecular weight excluding hydrogens is 293 g/mol. The molecule has 2 aromatic carbocycles. The zero-order valence-electron chi connectivity index (χ0n) is 11.5. The molecule has 0 aromatic heterocycles. The minimum absolute atomic E-state index is 0.379. The Morgan fingerprint density at radius 1 is 1.10 bits per heavy atom. The van der Waals surface area contributed by atoms with E-state index < -0.39 is 6.10 Å². The SMILES string of the molecule is Cc1ccc(NCC(O)c2cc(Cl)ccc2Cl)c(C)c1. The summed E-state index contributed by atoms with van der Waals surface area (Å²) >= 11 is 12.0. The van der Waals surface area contributed by atoms with Gasteiger partial charge in [0.15, 0.2) is 0 Å². The lowest BCUT2D eigenvalue weighted by Crippen LogP contribution is -2.13. The number of benzene rings is 2. The lowest BCUT2D eigenvalue weighted by molar-refractivity contribution is 0.191. The van der Waals surface area contributed by atoms with Crippen LogP contribution in [0.4, 0.5) is 5.69 Å². The number of aliphatic hydroxyl groups is 1. The molecule has 0 spiro atoms. The van der Waals surface area contributed by atoms with Gasteiger partial charge in [0.1, 0.15) is 0 Å². The quantitative estimate of drug-likeness (QED) is 0.853. The van der Waals surface area contributed by atoms with E-state index in [1.54, 1.807) is 18.2 Å². The first-order chi connectivity index (χ1) is 9.47. The maximum absolute atomic E-state index is 10.2. The van der Waals surface area contributed by atoms with Crippen LogP contribution in [0.5, 0.6) is 0 Å². The van der Waals surface area contributed by atoms with Crippen molar-refractivity contribution in [3.05, 3.63) is 63.1 Å². The summed E-state index contributed by atoms with van der Waals surface area (Å²) in [6.45, 7) is 4.47. The van der Waals surface area contributed by atoms with Gasteiger partial charge in [-0.2, -0.15) is 0 Å². The van der Waals surface area contributed by atoms with Crippen molar-refractivity contribution < 1.29 is 5.11 Å². The van der Waals surface area contributed by atoms with Gasteiger partial charge in [-0.1, -0.05) is 40.9 Å². The predicted octanol–water partition coefficient (Wildman–Crippen LogP) is 4.76. The van der Waals surface area contributed by atoms with E-state index in [-0.39, 0.29) is 0 Å². The van der Waals surface area contributed by atoms with E-state index in [1.165, 1.54) is 5.56 Å². The van der Waals surface area contributed by atoms with Crippen molar-refractivity contribution in [1.82, 2.24) is 0 Å². The van der Waals surface area contributed by atoms with Gasteiger partial charge in [-0.15, -0.1) is 0 Å². The van der Waals surface area contributed by atoms with E-state index in [0.29, 0.717) is 22.2 Å². The summed E-state index contributed by atoms with van der Waals surface area (Å²) in [6, 6.07) is 11.2. The smallest absolute Gasteiger partial charge is 0.0977 e. The maximum atomic E-state index is 10.2. The second kappa shape index (κ2) is 6.49. The summed E-state index contributed by atoms with van der Waals surface area (Å²) in [5.41, 5.74) is 4.00. The monoisotopic (exact) mass is 309 g/mol. The number of rotatable bonds is 4. The van der Waals surface area contributed by atoms with Gasteiger partial charge in [-0.25, -0.2) is 0 Å². The third-order valence-corrected chi connectivity index (χ3v) is 3.76. The molecule has 2 N–H and O–H groups in total. The Morgan fingerprint density at radius 3 is 2.55 bits per heavy atom. The van der Waals surface area contributed by atoms with Crippen molar-refractivity contribution in [2.24, 2.45) is 0 Å². The zero-order chi connectivity index (χ0) is 14.7. The van der Waals surface area contributed by atoms with Gasteiger partial charge >= 0.3 is 0 Å². The molecule has 4 heteroatoms. The molecule has 0 aliphatic rings. The molecule has 0 radical (unpaired) electrons. The molecule has 0 aliphatic carbocycles. The predicted molar refractivity (Wildman–Crippen MR) is 85.8 cm³/mol. The highest BCUT2D eigenvalue weighted by atomic mass is 35.5. The molecule has 0 aliphatic heterocycles. The Labute approximate surface area is 129 Å². The van der Waals surface area contributed by atoms with Crippen LogP contribution in [-0.2, 0) is 0 Å². The van der Waals surface area contributed by atoms with E-state index in [9.17, 15) is 5.11 Å². The standard InChI is InChI=1S/C16H17Cl2NO/c1-10-3-6-15(11(2)7-10)19-9-16(20)13-8-12(17)4-5-14(13)18/h3-8,16,19-20H,9H2,1-2H3. The van der Waals surface area contributed by atoms with Crippen LogP contribution < -0.4 is 5.32 Å². The molecule has 0 bridgehead atoms. The van der Waals surface area contributed by atoms with E-state index in [4.69, 9.17) is 23.2 Å². The fourth-order valence-electron chi connectivity index (χ4n) is 2.10. The molecule has 106 valence electrons. The molecule has 0 amide bonds. The maximum Gasteiger partial charge on any atom is 0.0977 e. The average Bonchev–Trinajstić information content (AvgIpc) is 2.40. The van der Waals surface area contributed by atoms with Crippen LogP contribution in [0.3, 0.4) is 0 Å². The first kappa shape index (κ1) is 15.2. The van der Waals surface area contributed by atoms with Gasteiger partial charge in [-0.05, 0) is 43.7 Å². The first-order valence-electron chi connectivity index (χ1n) is 6.41. The number of aliphatic hydroxyl groups excluding tert-OH is 1. The van der Waals surface area contributed by atoms with Gasteiger partial charge < -0.3 is 10.4 Å². The zero-order valence-corrected chi connectivity index (χ0v) is 13.0. The van der Waals surface area contributed by atoms with Crippen LogP contribution in [-0.4, -0.2) is 11.7 Å². The molecule has 0 fully saturated rings. The number of anilines is 1. The highest BCUT2D eigenvalue weighted by molar-refractivity contribution is 6.33. The van der Waals surface area contributed by atoms with Crippen LogP contribution in [0.2, 0.25) is 10.0 Å². The van der Waals surface area contributed by atoms with Gasteiger partial charge in [0.25, 0.3) is 0 Å². The van der Waals surface area contributed by atoms with Crippen molar-refractivity contribution in [3.63, 3.8) is 0 Å². The molecule has 0 saturated heterocycles. The molecule has 1 atom stereocenters. The van der Waals surface area contributed by atoms with Crippen LogP contribution in [0.15, 0.2) is 36.4 Å². The molecule has 20 heavy (non-hydrogen) atoms. The summed E-state index contributed by atoms with van der Waals surface area (Å²) in [6.07, 6.45) is -0.707. The minimum Gasteiger partial charge on any atom is -0.387 e. The molecule has 0 heterocycles. The van der Waals surface area contributed by atoms with E-state index in [1.807, 2.05) is 19.1 Å². The van der Waals surface area contributed by atoms with Crippen LogP contribution in [0, 0.1) is 13.8 Å². The third kappa shape index (κ3) is 3.66. The van der Waals surface area contributed by atoms with E-state index in [2.05, 4.69) is 18.3 Å². The molecule has 2 nitrogen and oxygen atoms in total. The normalized spacial score (nSPS) is 12.2. The average molecular weight is 310 g/mol. The summed E-state index contributed by atoms with van der Waals surface area (Å²) in [5.74, 6) is 0. The van der Waals surface area contributed by atoms with Gasteiger partial charge in [-0.3, -0.25) is 0 Å². The molecule has 1 unspecified atom stereocenters. The number of hydrogen-bond acceptors (Lipinski definition) is 2. The van der Waals surface area contributed by atoms with Crippen LogP contribution >= 0.6 is 23.2 Å². The Morgan fingerprint density at radius 2 is 1.85 bits per heavy atom. The van der Waals surface area contributed by atoms with Gasteiger partial charge in [0.2, 0.25) is 0 Å². The van der Waals surface area contributed by atoms with Crippen LogP contribution in [0.1, 0.15) is 22.8 Å². The van der Waals surface area contributed by atoms with Crippen molar-refractivity contribution >= 4 is 28.9 Å². The largest absolute Gasteiger partial charge is 0.387 e. The summed E-state index contributed by atoms with van der Waals surface area (Å²) in [4.78, 5) is 0. The fourth-order valence-corrected chi connectivity index (χ4v) is 2.52. The first-order valence-corrected chi connectivity index (χ1v) is 7.17. The molecule has 2 rings (SSSR count). The summed E-state index contributed by atoms with van der Waals surface area (Å²) in [5, 5.41) is 14.5.